The molecule has 2 rings (SSSR count). The molecule has 1 fully saturated rings. The quantitative estimate of drug-likeness (QED) is 0.721. The highest BCUT2D eigenvalue weighted by Crippen LogP contribution is 2.12. The van der Waals surface area contributed by atoms with Crippen LogP contribution in [-0.4, -0.2) is 43.2 Å². The van der Waals surface area contributed by atoms with Crippen molar-refractivity contribution in [1.29, 1.82) is 0 Å². The molecule has 1 aromatic carbocycles. The minimum absolute atomic E-state index is 0.183. The predicted molar refractivity (Wildman–Crippen MR) is 83.4 cm³/mol. The fraction of sp³-hybridized carbons (Fsp3) is 0.571. The van der Waals surface area contributed by atoms with Crippen molar-refractivity contribution >= 4 is 17.3 Å². The molecule has 5 heteroatoms. The zero-order valence-corrected chi connectivity index (χ0v) is 12.6. The molecule has 0 saturated carbocycles. The van der Waals surface area contributed by atoms with Crippen molar-refractivity contribution in [2.45, 2.75) is 19.4 Å². The van der Waals surface area contributed by atoms with Gasteiger partial charge in [0, 0.05) is 49.0 Å². The van der Waals surface area contributed by atoms with E-state index in [2.05, 4.69) is 24.1 Å². The molecule has 1 aliphatic rings. The highest BCUT2D eigenvalue weighted by molar-refractivity contribution is 6.30. The average Bonchev–Trinajstić information content (AvgIpc) is 2.40. The molecule has 4 nitrogen and oxygen atoms in total. The SMILES string of the molecule is CC(C)(CN)N1CCNCC1.Nc1cccc(Cl)c1. The van der Waals surface area contributed by atoms with E-state index >= 15 is 0 Å². The largest absolute Gasteiger partial charge is 0.399 e. The van der Waals surface area contributed by atoms with Gasteiger partial charge in [-0.15, -0.1) is 0 Å². The number of piperazine rings is 1. The fourth-order valence-electron chi connectivity index (χ4n) is 1.91. The van der Waals surface area contributed by atoms with Gasteiger partial charge in [-0.3, -0.25) is 4.90 Å². The summed E-state index contributed by atoms with van der Waals surface area (Å²) < 4.78 is 0. The van der Waals surface area contributed by atoms with E-state index in [4.69, 9.17) is 23.1 Å². The third-order valence-corrected chi connectivity index (χ3v) is 3.56. The normalized spacial score (nSPS) is 16.6. The summed E-state index contributed by atoms with van der Waals surface area (Å²) in [6, 6.07) is 7.11. The number of hydrogen-bond acceptors (Lipinski definition) is 4. The zero-order valence-electron chi connectivity index (χ0n) is 11.8. The second kappa shape index (κ2) is 7.70. The third-order valence-electron chi connectivity index (χ3n) is 3.32. The summed E-state index contributed by atoms with van der Waals surface area (Å²) in [6.45, 7) is 9.62. The molecular weight excluding hydrogens is 260 g/mol. The molecule has 0 unspecified atom stereocenters. The van der Waals surface area contributed by atoms with E-state index in [1.54, 1.807) is 18.2 Å². The standard InChI is InChI=1S/C8H19N3.C6H6ClN/c1-8(2,7-9)11-5-3-10-4-6-11;7-5-2-1-3-6(8)4-5/h10H,3-7,9H2,1-2H3;1-4H,8H2. The van der Waals surface area contributed by atoms with Crippen LogP contribution < -0.4 is 16.8 Å². The lowest BCUT2D eigenvalue weighted by Crippen LogP contribution is -2.56. The molecule has 1 aromatic rings. The first-order valence-electron chi connectivity index (χ1n) is 6.62. The number of halogens is 1. The van der Waals surface area contributed by atoms with Gasteiger partial charge in [0.1, 0.15) is 0 Å². The molecule has 5 N–H and O–H groups in total. The number of nitrogens with zero attached hydrogens (tertiary/aromatic N) is 1. The molecule has 0 aromatic heterocycles. The van der Waals surface area contributed by atoms with Gasteiger partial charge in [-0.05, 0) is 32.0 Å². The van der Waals surface area contributed by atoms with Gasteiger partial charge in [0.25, 0.3) is 0 Å². The summed E-state index contributed by atoms with van der Waals surface area (Å²) in [5.74, 6) is 0. The second-order valence-corrected chi connectivity index (χ2v) is 5.75. The van der Waals surface area contributed by atoms with Crippen molar-refractivity contribution in [3.63, 3.8) is 0 Å². The number of nitrogen functional groups attached to an aromatic ring is 1. The summed E-state index contributed by atoms with van der Waals surface area (Å²) in [5.41, 5.74) is 11.9. The van der Waals surface area contributed by atoms with Gasteiger partial charge in [-0.25, -0.2) is 0 Å². The Hall–Kier alpha value is -0.810. The van der Waals surface area contributed by atoms with E-state index in [9.17, 15) is 0 Å². The fourth-order valence-corrected chi connectivity index (χ4v) is 2.10. The first-order chi connectivity index (χ1) is 8.95. The van der Waals surface area contributed by atoms with E-state index in [1.165, 1.54) is 0 Å². The van der Waals surface area contributed by atoms with Crippen LogP contribution >= 0.6 is 11.6 Å². The van der Waals surface area contributed by atoms with Gasteiger partial charge in [0.2, 0.25) is 0 Å². The average molecular weight is 285 g/mol. The summed E-state index contributed by atoms with van der Waals surface area (Å²) in [7, 11) is 0. The van der Waals surface area contributed by atoms with Crippen LogP contribution in [-0.2, 0) is 0 Å². The molecule has 1 saturated heterocycles. The van der Waals surface area contributed by atoms with Crippen LogP contribution in [0.25, 0.3) is 0 Å². The Labute approximate surface area is 121 Å². The smallest absolute Gasteiger partial charge is 0.0426 e. The van der Waals surface area contributed by atoms with Crippen molar-refractivity contribution in [3.05, 3.63) is 29.3 Å². The van der Waals surface area contributed by atoms with Gasteiger partial charge in [-0.2, -0.15) is 0 Å². The molecule has 0 amide bonds. The number of nitrogens with one attached hydrogen (secondary N) is 1. The topological polar surface area (TPSA) is 67.3 Å². The van der Waals surface area contributed by atoms with E-state index in [0.29, 0.717) is 10.7 Å². The minimum Gasteiger partial charge on any atom is -0.399 e. The maximum absolute atomic E-state index is 5.68. The van der Waals surface area contributed by atoms with Crippen LogP contribution in [0.2, 0.25) is 5.02 Å². The van der Waals surface area contributed by atoms with Crippen molar-refractivity contribution in [2.24, 2.45) is 5.73 Å². The van der Waals surface area contributed by atoms with Crippen molar-refractivity contribution in [3.8, 4) is 0 Å². The third kappa shape index (κ3) is 5.78. The summed E-state index contributed by atoms with van der Waals surface area (Å²) in [4.78, 5) is 2.45. The van der Waals surface area contributed by atoms with Crippen molar-refractivity contribution < 1.29 is 0 Å². The highest BCUT2D eigenvalue weighted by Gasteiger charge is 2.25. The number of rotatable bonds is 2. The number of benzene rings is 1. The Kier molecular flexibility index (Phi) is 6.58. The van der Waals surface area contributed by atoms with Gasteiger partial charge in [0.05, 0.1) is 0 Å². The Morgan fingerprint density at radius 1 is 1.32 bits per heavy atom. The van der Waals surface area contributed by atoms with Crippen molar-refractivity contribution in [2.75, 3.05) is 38.5 Å². The van der Waals surface area contributed by atoms with Crippen LogP contribution in [0.3, 0.4) is 0 Å². The summed E-state index contributed by atoms with van der Waals surface area (Å²) in [6.07, 6.45) is 0. The molecule has 0 bridgehead atoms. The molecule has 19 heavy (non-hydrogen) atoms. The predicted octanol–water partition coefficient (Wildman–Crippen LogP) is 1.55. The zero-order chi connectivity index (χ0) is 14.3. The van der Waals surface area contributed by atoms with Crippen LogP contribution in [0.1, 0.15) is 13.8 Å². The maximum atomic E-state index is 5.68. The van der Waals surface area contributed by atoms with Gasteiger partial charge < -0.3 is 16.8 Å². The molecular formula is C14H25ClN4. The first-order valence-corrected chi connectivity index (χ1v) is 7.00. The second-order valence-electron chi connectivity index (χ2n) is 5.31. The molecule has 1 aliphatic heterocycles. The van der Waals surface area contributed by atoms with E-state index < -0.39 is 0 Å². The highest BCUT2D eigenvalue weighted by atomic mass is 35.5. The Morgan fingerprint density at radius 2 is 1.95 bits per heavy atom. The maximum Gasteiger partial charge on any atom is 0.0426 e. The molecule has 108 valence electrons. The first kappa shape index (κ1) is 16.2. The Morgan fingerprint density at radius 3 is 2.37 bits per heavy atom. The molecule has 0 radical (unpaired) electrons. The van der Waals surface area contributed by atoms with E-state index in [0.717, 1.165) is 32.7 Å². The lowest BCUT2D eigenvalue weighted by molar-refractivity contribution is 0.110. The van der Waals surface area contributed by atoms with Crippen LogP contribution in [0.5, 0.6) is 0 Å². The Bertz CT molecular complexity index is 358. The van der Waals surface area contributed by atoms with Crippen LogP contribution in [0.15, 0.2) is 24.3 Å². The van der Waals surface area contributed by atoms with Crippen molar-refractivity contribution in [1.82, 2.24) is 10.2 Å². The van der Waals surface area contributed by atoms with Gasteiger partial charge in [-0.1, -0.05) is 17.7 Å². The summed E-state index contributed by atoms with van der Waals surface area (Å²) >= 11 is 5.56. The molecule has 0 spiro atoms. The lowest BCUT2D eigenvalue weighted by atomic mass is 10.0. The lowest BCUT2D eigenvalue weighted by Gasteiger charge is -2.40. The van der Waals surface area contributed by atoms with Crippen LogP contribution in [0, 0.1) is 0 Å². The Balaban J connectivity index is 0.000000200. The van der Waals surface area contributed by atoms with E-state index in [-0.39, 0.29) is 5.54 Å². The summed E-state index contributed by atoms with van der Waals surface area (Å²) in [5, 5.41) is 4.01. The molecule has 1 heterocycles. The monoisotopic (exact) mass is 284 g/mol. The van der Waals surface area contributed by atoms with Gasteiger partial charge >= 0.3 is 0 Å². The van der Waals surface area contributed by atoms with Crippen LogP contribution in [0.4, 0.5) is 5.69 Å². The van der Waals surface area contributed by atoms with E-state index in [1.807, 2.05) is 6.07 Å². The van der Waals surface area contributed by atoms with Gasteiger partial charge in [0.15, 0.2) is 0 Å². The number of hydrogen-bond donors (Lipinski definition) is 3. The molecule has 0 atom stereocenters. The number of nitrogens with two attached hydrogens (primary N) is 2. The molecule has 0 aliphatic carbocycles. The minimum atomic E-state index is 0.183. The number of anilines is 1.